The predicted molar refractivity (Wildman–Crippen MR) is 65.5 cm³/mol. The van der Waals surface area contributed by atoms with Crippen LogP contribution in [0.25, 0.3) is 0 Å². The molecule has 1 aromatic carbocycles. The van der Waals surface area contributed by atoms with Crippen molar-refractivity contribution < 1.29 is 9.90 Å². The van der Waals surface area contributed by atoms with Gasteiger partial charge in [-0.1, -0.05) is 26.8 Å². The summed E-state index contributed by atoms with van der Waals surface area (Å²) in [4.78, 5) is 11.6. The normalized spacial score (nSPS) is 11.2. The Hall–Kier alpha value is -1.51. The van der Waals surface area contributed by atoms with E-state index in [2.05, 4.69) is 5.32 Å². The number of hydrogen-bond acceptors (Lipinski definition) is 2. The molecule has 3 nitrogen and oxygen atoms in total. The number of aryl methyl sites for hydroxylation is 1. The molecule has 2 N–H and O–H groups in total. The first kappa shape index (κ1) is 12.6. The molecule has 0 unspecified atom stereocenters. The van der Waals surface area contributed by atoms with Crippen LogP contribution in [0.3, 0.4) is 0 Å². The van der Waals surface area contributed by atoms with Gasteiger partial charge in [0.05, 0.1) is 5.69 Å². The van der Waals surface area contributed by atoms with Crippen molar-refractivity contribution in [2.24, 2.45) is 5.41 Å². The third kappa shape index (κ3) is 3.93. The number of amides is 1. The molecule has 0 saturated heterocycles. The topological polar surface area (TPSA) is 49.3 Å². The number of aromatic hydroxyl groups is 1. The van der Waals surface area contributed by atoms with Crippen molar-refractivity contribution in [3.8, 4) is 5.75 Å². The Morgan fingerprint density at radius 3 is 2.50 bits per heavy atom. The number of nitrogens with one attached hydrogen (secondary N) is 1. The number of benzene rings is 1. The van der Waals surface area contributed by atoms with Crippen molar-refractivity contribution in [3.05, 3.63) is 23.8 Å². The molecule has 0 fully saturated rings. The van der Waals surface area contributed by atoms with Crippen molar-refractivity contribution in [3.63, 3.8) is 0 Å². The molecule has 1 rings (SSSR count). The van der Waals surface area contributed by atoms with Crippen LogP contribution in [0, 0.1) is 12.3 Å². The molecular weight excluding hydrogens is 202 g/mol. The first-order valence-corrected chi connectivity index (χ1v) is 5.37. The van der Waals surface area contributed by atoms with Crippen molar-refractivity contribution in [1.29, 1.82) is 0 Å². The second-order valence-electron chi connectivity index (χ2n) is 5.31. The fraction of sp³-hybridized carbons (Fsp3) is 0.462. The fourth-order valence-electron chi connectivity index (χ4n) is 1.42. The molecule has 0 bridgehead atoms. The number of phenols is 1. The van der Waals surface area contributed by atoms with E-state index >= 15 is 0 Å². The molecule has 1 amide bonds. The fourth-order valence-corrected chi connectivity index (χ4v) is 1.42. The van der Waals surface area contributed by atoms with Gasteiger partial charge in [0.2, 0.25) is 5.91 Å². The molecule has 88 valence electrons. The Balaban J connectivity index is 2.70. The lowest BCUT2D eigenvalue weighted by Gasteiger charge is -2.17. The average Bonchev–Trinajstić information content (AvgIpc) is 2.06. The number of rotatable bonds is 2. The van der Waals surface area contributed by atoms with Crippen LogP contribution < -0.4 is 5.32 Å². The molecule has 0 spiro atoms. The van der Waals surface area contributed by atoms with Gasteiger partial charge in [-0.05, 0) is 30.0 Å². The second kappa shape index (κ2) is 4.56. The van der Waals surface area contributed by atoms with E-state index in [1.54, 1.807) is 12.1 Å². The van der Waals surface area contributed by atoms with E-state index in [1.165, 1.54) is 0 Å². The minimum atomic E-state index is -0.0772. The summed E-state index contributed by atoms with van der Waals surface area (Å²) in [6.07, 6.45) is 0.431. The molecule has 16 heavy (non-hydrogen) atoms. The molecular formula is C13H19NO2. The molecule has 0 atom stereocenters. The zero-order valence-electron chi connectivity index (χ0n) is 10.3. The Kier molecular flexibility index (Phi) is 3.58. The first-order valence-electron chi connectivity index (χ1n) is 5.37. The molecule has 0 heterocycles. The van der Waals surface area contributed by atoms with E-state index in [0.29, 0.717) is 12.1 Å². The van der Waals surface area contributed by atoms with Crippen molar-refractivity contribution in [2.75, 3.05) is 5.32 Å². The van der Waals surface area contributed by atoms with Crippen LogP contribution in [-0.4, -0.2) is 11.0 Å². The Morgan fingerprint density at radius 1 is 1.38 bits per heavy atom. The standard InChI is InChI=1S/C13H19NO2/c1-9-5-6-10(11(15)7-9)14-12(16)8-13(2,3)4/h5-7,15H,8H2,1-4H3,(H,14,16). The zero-order valence-corrected chi connectivity index (χ0v) is 10.3. The minimum absolute atomic E-state index is 0.0512. The van der Waals surface area contributed by atoms with Crippen LogP contribution >= 0.6 is 0 Å². The maximum absolute atomic E-state index is 11.6. The van der Waals surface area contributed by atoms with E-state index in [9.17, 15) is 9.90 Å². The predicted octanol–water partition coefficient (Wildman–Crippen LogP) is 3.08. The summed E-state index contributed by atoms with van der Waals surface area (Å²) in [5, 5.41) is 12.3. The molecule has 0 aliphatic rings. The number of hydrogen-bond donors (Lipinski definition) is 2. The molecule has 0 saturated carbocycles. The Morgan fingerprint density at radius 2 is 2.00 bits per heavy atom. The third-order valence-corrected chi connectivity index (χ3v) is 2.12. The van der Waals surface area contributed by atoms with E-state index in [4.69, 9.17) is 0 Å². The van der Waals surface area contributed by atoms with Crippen LogP contribution in [0.15, 0.2) is 18.2 Å². The minimum Gasteiger partial charge on any atom is -0.506 e. The van der Waals surface area contributed by atoms with Crippen molar-refractivity contribution in [1.82, 2.24) is 0 Å². The lowest BCUT2D eigenvalue weighted by atomic mass is 9.92. The summed E-state index contributed by atoms with van der Waals surface area (Å²) in [5.74, 6) is 0.0360. The monoisotopic (exact) mass is 221 g/mol. The summed E-state index contributed by atoms with van der Waals surface area (Å²) in [5.41, 5.74) is 1.39. The van der Waals surface area contributed by atoms with Crippen LogP contribution in [0.4, 0.5) is 5.69 Å². The zero-order chi connectivity index (χ0) is 12.3. The highest BCUT2D eigenvalue weighted by atomic mass is 16.3. The van der Waals surface area contributed by atoms with Gasteiger partial charge in [-0.15, -0.1) is 0 Å². The van der Waals surface area contributed by atoms with Gasteiger partial charge >= 0.3 is 0 Å². The summed E-state index contributed by atoms with van der Waals surface area (Å²) in [7, 11) is 0. The van der Waals surface area contributed by atoms with Crippen molar-refractivity contribution in [2.45, 2.75) is 34.1 Å². The van der Waals surface area contributed by atoms with Gasteiger partial charge in [-0.3, -0.25) is 4.79 Å². The van der Waals surface area contributed by atoms with Crippen LogP contribution in [0.5, 0.6) is 5.75 Å². The second-order valence-corrected chi connectivity index (χ2v) is 5.31. The number of phenolic OH excluding ortho intramolecular Hbond substituents is 1. The number of anilines is 1. The van der Waals surface area contributed by atoms with Gasteiger partial charge in [0.15, 0.2) is 0 Å². The summed E-state index contributed by atoms with van der Waals surface area (Å²) < 4.78 is 0. The molecule has 0 aromatic heterocycles. The van der Waals surface area contributed by atoms with Gasteiger partial charge in [0.1, 0.15) is 5.75 Å². The maximum atomic E-state index is 11.6. The highest BCUT2D eigenvalue weighted by Gasteiger charge is 2.16. The highest BCUT2D eigenvalue weighted by molar-refractivity contribution is 5.92. The highest BCUT2D eigenvalue weighted by Crippen LogP contribution is 2.25. The van der Waals surface area contributed by atoms with Crippen LogP contribution in [0.1, 0.15) is 32.8 Å². The number of carbonyl (C=O) groups is 1. The van der Waals surface area contributed by atoms with Gasteiger partial charge < -0.3 is 10.4 Å². The quantitative estimate of drug-likeness (QED) is 0.754. The first-order chi connectivity index (χ1) is 7.28. The van der Waals surface area contributed by atoms with Gasteiger partial charge in [-0.25, -0.2) is 0 Å². The smallest absolute Gasteiger partial charge is 0.224 e. The maximum Gasteiger partial charge on any atom is 0.224 e. The van der Waals surface area contributed by atoms with E-state index in [0.717, 1.165) is 5.56 Å². The Bertz CT molecular complexity index is 391. The summed E-state index contributed by atoms with van der Waals surface area (Å²) >= 11 is 0. The van der Waals surface area contributed by atoms with Crippen molar-refractivity contribution >= 4 is 11.6 Å². The molecule has 0 aliphatic carbocycles. The lowest BCUT2D eigenvalue weighted by Crippen LogP contribution is -2.19. The Labute approximate surface area is 96.5 Å². The third-order valence-electron chi connectivity index (χ3n) is 2.12. The van der Waals surface area contributed by atoms with Crippen LogP contribution in [-0.2, 0) is 4.79 Å². The SMILES string of the molecule is Cc1ccc(NC(=O)CC(C)(C)C)c(O)c1. The molecule has 0 radical (unpaired) electrons. The van der Waals surface area contributed by atoms with E-state index < -0.39 is 0 Å². The summed E-state index contributed by atoms with van der Waals surface area (Å²) in [6, 6.07) is 5.20. The van der Waals surface area contributed by atoms with E-state index in [-0.39, 0.29) is 17.1 Å². The average molecular weight is 221 g/mol. The molecule has 3 heteroatoms. The molecule has 0 aliphatic heterocycles. The van der Waals surface area contributed by atoms with Gasteiger partial charge in [0.25, 0.3) is 0 Å². The van der Waals surface area contributed by atoms with Crippen LogP contribution in [0.2, 0.25) is 0 Å². The summed E-state index contributed by atoms with van der Waals surface area (Å²) in [6.45, 7) is 7.89. The lowest BCUT2D eigenvalue weighted by molar-refractivity contribution is -0.117. The number of carbonyl (C=O) groups excluding carboxylic acids is 1. The van der Waals surface area contributed by atoms with Gasteiger partial charge in [-0.2, -0.15) is 0 Å². The van der Waals surface area contributed by atoms with E-state index in [1.807, 2.05) is 33.8 Å². The van der Waals surface area contributed by atoms with Gasteiger partial charge in [0, 0.05) is 6.42 Å². The largest absolute Gasteiger partial charge is 0.506 e. The molecule has 1 aromatic rings.